The minimum atomic E-state index is 0.815. The summed E-state index contributed by atoms with van der Waals surface area (Å²) in [6, 6.07) is 0. The van der Waals surface area contributed by atoms with Crippen LogP contribution in [0.25, 0.3) is 0 Å². The van der Waals surface area contributed by atoms with Gasteiger partial charge in [0.05, 0.1) is 0 Å². The molecule has 62 valence electrons. The van der Waals surface area contributed by atoms with Crippen molar-refractivity contribution in [1.29, 1.82) is 0 Å². The molecule has 0 aromatic carbocycles. The summed E-state index contributed by atoms with van der Waals surface area (Å²) in [5, 5.41) is 0. The van der Waals surface area contributed by atoms with Gasteiger partial charge in [-0.2, -0.15) is 0 Å². The largest absolute Gasteiger partial charge is 0.399 e. The molecule has 0 aromatic heterocycles. The molecule has 0 fully saturated rings. The molecular formula is C10H17N. The molecule has 0 spiro atoms. The molecule has 11 heavy (non-hydrogen) atoms. The highest BCUT2D eigenvalue weighted by Crippen LogP contribution is 1.95. The lowest BCUT2D eigenvalue weighted by Crippen LogP contribution is -1.91. The highest BCUT2D eigenvalue weighted by Gasteiger charge is 1.79. The molecule has 0 heterocycles. The van der Waals surface area contributed by atoms with Crippen LogP contribution in [0.3, 0.4) is 0 Å². The third kappa shape index (κ3) is 6.91. The molecular weight excluding hydrogens is 134 g/mol. The molecule has 2 N–H and O–H groups in total. The van der Waals surface area contributed by atoms with Crippen LogP contribution in [0, 0.1) is 0 Å². The van der Waals surface area contributed by atoms with Crippen molar-refractivity contribution >= 4 is 0 Å². The summed E-state index contributed by atoms with van der Waals surface area (Å²) in [4.78, 5) is 0. The molecule has 0 unspecified atom stereocenters. The lowest BCUT2D eigenvalue weighted by molar-refractivity contribution is 1.22. The fourth-order valence-corrected chi connectivity index (χ4v) is 0.697. The third-order valence-corrected chi connectivity index (χ3v) is 1.12. The zero-order valence-corrected chi connectivity index (χ0v) is 7.59. The summed E-state index contributed by atoms with van der Waals surface area (Å²) < 4.78 is 0. The lowest BCUT2D eigenvalue weighted by atomic mass is 10.2. The fraction of sp³-hybridized carbons (Fsp3) is 0.400. The molecule has 0 saturated carbocycles. The molecule has 0 aliphatic rings. The van der Waals surface area contributed by atoms with Gasteiger partial charge in [-0.3, -0.25) is 0 Å². The summed E-state index contributed by atoms with van der Waals surface area (Å²) in [7, 11) is 0. The van der Waals surface area contributed by atoms with Gasteiger partial charge in [0, 0.05) is 5.70 Å². The summed E-state index contributed by atoms with van der Waals surface area (Å²) >= 11 is 0. The molecule has 1 heteroatoms. The third-order valence-electron chi connectivity index (χ3n) is 1.12. The fourth-order valence-electron chi connectivity index (χ4n) is 0.697. The Hall–Kier alpha value is -0.980. The number of allylic oxidation sites excluding steroid dienone is 5. The van der Waals surface area contributed by atoms with Gasteiger partial charge in [-0.15, -0.1) is 0 Å². The van der Waals surface area contributed by atoms with Crippen molar-refractivity contribution in [3.63, 3.8) is 0 Å². The minimum Gasteiger partial charge on any atom is -0.399 e. The number of rotatable bonds is 3. The van der Waals surface area contributed by atoms with Crippen LogP contribution in [-0.4, -0.2) is 0 Å². The van der Waals surface area contributed by atoms with Crippen LogP contribution in [0.2, 0.25) is 0 Å². The molecule has 0 amide bonds. The standard InChI is InChI=1S/C10H17N/c1-4-5-6-7-10(11)8-9(2)3/h5-8H,4,11H2,1-3H3/b6-5+,10-7+. The molecule has 1 nitrogen and oxygen atoms in total. The van der Waals surface area contributed by atoms with Gasteiger partial charge < -0.3 is 5.73 Å². The van der Waals surface area contributed by atoms with Crippen molar-refractivity contribution in [2.24, 2.45) is 5.73 Å². The SMILES string of the molecule is CC/C=C/C=C(/N)C=C(C)C. The summed E-state index contributed by atoms with van der Waals surface area (Å²) in [6.45, 7) is 6.16. The second-order valence-corrected chi connectivity index (χ2v) is 2.72. The van der Waals surface area contributed by atoms with E-state index in [0.29, 0.717) is 0 Å². The zero-order chi connectivity index (χ0) is 8.69. The highest BCUT2D eigenvalue weighted by atomic mass is 14.5. The Morgan fingerprint density at radius 3 is 2.45 bits per heavy atom. The van der Waals surface area contributed by atoms with Crippen molar-refractivity contribution in [3.8, 4) is 0 Å². The topological polar surface area (TPSA) is 26.0 Å². The van der Waals surface area contributed by atoms with Crippen molar-refractivity contribution in [2.75, 3.05) is 0 Å². The smallest absolute Gasteiger partial charge is 0.0313 e. The number of nitrogens with two attached hydrogens (primary N) is 1. The summed E-state index contributed by atoms with van der Waals surface area (Å²) in [5.41, 5.74) is 7.69. The van der Waals surface area contributed by atoms with Gasteiger partial charge in [0.1, 0.15) is 0 Å². The van der Waals surface area contributed by atoms with Crippen LogP contribution < -0.4 is 5.73 Å². The van der Waals surface area contributed by atoms with E-state index in [-0.39, 0.29) is 0 Å². The lowest BCUT2D eigenvalue weighted by Gasteiger charge is -1.90. The Morgan fingerprint density at radius 1 is 1.36 bits per heavy atom. The van der Waals surface area contributed by atoms with Gasteiger partial charge in [0.2, 0.25) is 0 Å². The maximum absolute atomic E-state index is 5.65. The quantitative estimate of drug-likeness (QED) is 0.617. The van der Waals surface area contributed by atoms with E-state index in [1.165, 1.54) is 5.57 Å². The van der Waals surface area contributed by atoms with Crippen molar-refractivity contribution in [2.45, 2.75) is 27.2 Å². The molecule has 0 radical (unpaired) electrons. The van der Waals surface area contributed by atoms with E-state index in [1.807, 2.05) is 32.1 Å². The van der Waals surface area contributed by atoms with Crippen LogP contribution in [-0.2, 0) is 0 Å². The molecule has 0 aliphatic carbocycles. The van der Waals surface area contributed by atoms with Gasteiger partial charge >= 0.3 is 0 Å². The Balaban J connectivity index is 4.01. The Kier molecular flexibility index (Phi) is 5.26. The maximum atomic E-state index is 5.65. The normalized spacial score (nSPS) is 12.1. The molecule has 0 aliphatic heterocycles. The Morgan fingerprint density at radius 2 is 2.00 bits per heavy atom. The molecule has 0 saturated heterocycles. The van der Waals surface area contributed by atoms with E-state index in [9.17, 15) is 0 Å². The van der Waals surface area contributed by atoms with Gasteiger partial charge in [-0.1, -0.05) is 24.6 Å². The van der Waals surface area contributed by atoms with Crippen molar-refractivity contribution < 1.29 is 0 Å². The predicted molar refractivity (Wildman–Crippen MR) is 51.1 cm³/mol. The number of hydrogen-bond acceptors (Lipinski definition) is 1. The molecule has 0 aromatic rings. The predicted octanol–water partition coefficient (Wildman–Crippen LogP) is 2.76. The monoisotopic (exact) mass is 151 g/mol. The van der Waals surface area contributed by atoms with Crippen molar-refractivity contribution in [1.82, 2.24) is 0 Å². The van der Waals surface area contributed by atoms with E-state index in [2.05, 4.69) is 13.0 Å². The van der Waals surface area contributed by atoms with Crippen LogP contribution >= 0.6 is 0 Å². The summed E-state index contributed by atoms with van der Waals surface area (Å²) in [5.74, 6) is 0. The van der Waals surface area contributed by atoms with Crippen LogP contribution in [0.5, 0.6) is 0 Å². The average molecular weight is 151 g/mol. The second-order valence-electron chi connectivity index (χ2n) is 2.72. The van der Waals surface area contributed by atoms with Gasteiger partial charge in [-0.25, -0.2) is 0 Å². The zero-order valence-electron chi connectivity index (χ0n) is 7.59. The highest BCUT2D eigenvalue weighted by molar-refractivity contribution is 5.22. The molecule has 0 bridgehead atoms. The first kappa shape index (κ1) is 10.0. The molecule has 0 rings (SSSR count). The van der Waals surface area contributed by atoms with Gasteiger partial charge in [0.25, 0.3) is 0 Å². The second kappa shape index (κ2) is 5.78. The van der Waals surface area contributed by atoms with Crippen LogP contribution in [0.15, 0.2) is 35.6 Å². The Bertz CT molecular complexity index is 181. The average Bonchev–Trinajstić information content (AvgIpc) is 1.86. The first-order chi connectivity index (χ1) is 5.16. The first-order valence-corrected chi connectivity index (χ1v) is 3.94. The maximum Gasteiger partial charge on any atom is 0.0313 e. The van der Waals surface area contributed by atoms with Crippen LogP contribution in [0.4, 0.5) is 0 Å². The van der Waals surface area contributed by atoms with Crippen molar-refractivity contribution in [3.05, 3.63) is 35.6 Å². The van der Waals surface area contributed by atoms with Crippen LogP contribution in [0.1, 0.15) is 27.2 Å². The Labute approximate surface area is 69.3 Å². The van der Waals surface area contributed by atoms with E-state index < -0.39 is 0 Å². The first-order valence-electron chi connectivity index (χ1n) is 3.94. The van der Waals surface area contributed by atoms with E-state index in [4.69, 9.17) is 5.73 Å². The molecule has 0 atom stereocenters. The van der Waals surface area contributed by atoms with E-state index in [0.717, 1.165) is 12.1 Å². The van der Waals surface area contributed by atoms with E-state index in [1.54, 1.807) is 0 Å². The minimum absolute atomic E-state index is 0.815. The van der Waals surface area contributed by atoms with Gasteiger partial charge in [-0.05, 0) is 32.4 Å². The summed E-state index contributed by atoms with van der Waals surface area (Å²) in [6.07, 6.45) is 8.98. The number of hydrogen-bond donors (Lipinski definition) is 1. The van der Waals surface area contributed by atoms with E-state index >= 15 is 0 Å². The van der Waals surface area contributed by atoms with Gasteiger partial charge in [0.15, 0.2) is 0 Å².